The molecule has 0 aliphatic carbocycles. The molecular weight excluding hydrogens is 340 g/mol. The zero-order chi connectivity index (χ0) is 17.9. The molecule has 2 aromatic rings. The molecule has 1 saturated heterocycles. The first kappa shape index (κ1) is 17.9. The molecule has 0 unspecified atom stereocenters. The Kier molecular flexibility index (Phi) is 5.39. The fourth-order valence-corrected chi connectivity index (χ4v) is 3.36. The molecule has 7 nitrogen and oxygen atoms in total. The number of ether oxygens (including phenoxy) is 1. The SMILES string of the molecule is CC(C)(C)OC(=O)NC1CCN(Cc2nc(-c3ccsc3)no2)CC1. The third-order valence-electron chi connectivity index (χ3n) is 3.91. The van der Waals surface area contributed by atoms with Crippen LogP contribution in [-0.4, -0.2) is 45.9 Å². The van der Waals surface area contributed by atoms with E-state index < -0.39 is 5.60 Å². The quantitative estimate of drug-likeness (QED) is 0.897. The van der Waals surface area contributed by atoms with Gasteiger partial charge < -0.3 is 14.6 Å². The van der Waals surface area contributed by atoms with Crippen LogP contribution in [-0.2, 0) is 11.3 Å². The van der Waals surface area contributed by atoms with Crippen LogP contribution in [0.3, 0.4) is 0 Å². The molecule has 1 fully saturated rings. The van der Waals surface area contributed by atoms with Crippen LogP contribution in [0.2, 0.25) is 0 Å². The van der Waals surface area contributed by atoms with Crippen LogP contribution in [0.5, 0.6) is 0 Å². The number of amides is 1. The first-order valence-corrected chi connectivity index (χ1v) is 9.40. The van der Waals surface area contributed by atoms with Gasteiger partial charge in [0.25, 0.3) is 0 Å². The first-order valence-electron chi connectivity index (χ1n) is 8.46. The maximum absolute atomic E-state index is 11.8. The van der Waals surface area contributed by atoms with Gasteiger partial charge >= 0.3 is 6.09 Å². The van der Waals surface area contributed by atoms with Gasteiger partial charge in [-0.1, -0.05) is 5.16 Å². The average Bonchev–Trinajstić information content (AvgIpc) is 3.18. The molecule has 1 aliphatic heterocycles. The van der Waals surface area contributed by atoms with E-state index in [2.05, 4.69) is 20.4 Å². The lowest BCUT2D eigenvalue weighted by Crippen LogP contribution is -2.45. The van der Waals surface area contributed by atoms with Gasteiger partial charge in [0.2, 0.25) is 11.7 Å². The van der Waals surface area contributed by atoms with Crippen molar-refractivity contribution in [2.45, 2.75) is 51.8 Å². The highest BCUT2D eigenvalue weighted by atomic mass is 32.1. The fraction of sp³-hybridized carbons (Fsp3) is 0.588. The van der Waals surface area contributed by atoms with Crippen LogP contribution in [0.15, 0.2) is 21.3 Å². The number of nitrogens with one attached hydrogen (secondary N) is 1. The number of thiophene rings is 1. The van der Waals surface area contributed by atoms with E-state index in [1.165, 1.54) is 0 Å². The van der Waals surface area contributed by atoms with Gasteiger partial charge in [-0.15, -0.1) is 0 Å². The molecule has 1 aliphatic rings. The number of piperidine rings is 1. The number of hydrogen-bond donors (Lipinski definition) is 1. The Bertz CT molecular complexity index is 685. The topological polar surface area (TPSA) is 80.5 Å². The lowest BCUT2D eigenvalue weighted by Gasteiger charge is -2.31. The summed E-state index contributed by atoms with van der Waals surface area (Å²) in [6.07, 6.45) is 1.42. The standard InChI is InChI=1S/C17H24N4O3S/c1-17(2,3)23-16(22)18-13-4-7-21(8-5-13)10-14-19-15(20-24-14)12-6-9-25-11-12/h6,9,11,13H,4-5,7-8,10H2,1-3H3,(H,18,22). The summed E-state index contributed by atoms with van der Waals surface area (Å²) in [7, 11) is 0. The van der Waals surface area contributed by atoms with Crippen LogP contribution in [0, 0.1) is 0 Å². The number of likely N-dealkylation sites (tertiary alicyclic amines) is 1. The van der Waals surface area contributed by atoms with Crippen molar-refractivity contribution in [3.05, 3.63) is 22.7 Å². The summed E-state index contributed by atoms with van der Waals surface area (Å²) in [5.41, 5.74) is 0.517. The molecule has 0 saturated carbocycles. The largest absolute Gasteiger partial charge is 0.444 e. The van der Waals surface area contributed by atoms with E-state index in [0.717, 1.165) is 31.5 Å². The van der Waals surface area contributed by atoms with Gasteiger partial charge in [-0.3, -0.25) is 4.90 Å². The zero-order valence-electron chi connectivity index (χ0n) is 14.8. The van der Waals surface area contributed by atoms with Crippen molar-refractivity contribution in [2.24, 2.45) is 0 Å². The molecule has 136 valence electrons. The number of aromatic nitrogens is 2. The van der Waals surface area contributed by atoms with Crippen LogP contribution in [0.4, 0.5) is 4.79 Å². The highest BCUT2D eigenvalue weighted by Gasteiger charge is 2.24. The minimum absolute atomic E-state index is 0.148. The van der Waals surface area contributed by atoms with Crippen molar-refractivity contribution in [1.82, 2.24) is 20.4 Å². The fourth-order valence-electron chi connectivity index (χ4n) is 2.73. The zero-order valence-corrected chi connectivity index (χ0v) is 15.6. The monoisotopic (exact) mass is 364 g/mol. The van der Waals surface area contributed by atoms with Gasteiger partial charge in [0.15, 0.2) is 0 Å². The highest BCUT2D eigenvalue weighted by Crippen LogP contribution is 2.20. The molecular formula is C17H24N4O3S. The van der Waals surface area contributed by atoms with Gasteiger partial charge in [0.1, 0.15) is 5.60 Å². The lowest BCUT2D eigenvalue weighted by atomic mass is 10.1. The van der Waals surface area contributed by atoms with E-state index in [9.17, 15) is 4.79 Å². The maximum Gasteiger partial charge on any atom is 0.407 e. The van der Waals surface area contributed by atoms with Crippen molar-refractivity contribution in [3.63, 3.8) is 0 Å². The summed E-state index contributed by atoms with van der Waals surface area (Å²) in [5.74, 6) is 1.26. The van der Waals surface area contributed by atoms with E-state index >= 15 is 0 Å². The molecule has 0 bridgehead atoms. The average molecular weight is 364 g/mol. The normalized spacial score (nSPS) is 16.8. The summed E-state index contributed by atoms with van der Waals surface area (Å²) >= 11 is 1.61. The number of hydrogen-bond acceptors (Lipinski definition) is 7. The van der Waals surface area contributed by atoms with Crippen LogP contribution in [0.1, 0.15) is 39.5 Å². The van der Waals surface area contributed by atoms with Crippen LogP contribution in [0.25, 0.3) is 11.4 Å². The van der Waals surface area contributed by atoms with Gasteiger partial charge in [-0.25, -0.2) is 4.79 Å². The number of carbonyl (C=O) groups is 1. The molecule has 1 N–H and O–H groups in total. The maximum atomic E-state index is 11.8. The van der Waals surface area contributed by atoms with Crippen molar-refractivity contribution in [2.75, 3.05) is 13.1 Å². The van der Waals surface area contributed by atoms with Crippen LogP contribution < -0.4 is 5.32 Å². The second-order valence-electron chi connectivity index (χ2n) is 7.22. The summed E-state index contributed by atoms with van der Waals surface area (Å²) < 4.78 is 10.7. The molecule has 2 aromatic heterocycles. The van der Waals surface area contributed by atoms with E-state index in [1.807, 2.05) is 37.6 Å². The molecule has 25 heavy (non-hydrogen) atoms. The van der Waals surface area contributed by atoms with Crippen LogP contribution >= 0.6 is 11.3 Å². The summed E-state index contributed by atoms with van der Waals surface area (Å²) in [4.78, 5) is 18.5. The third kappa shape index (κ3) is 5.27. The Morgan fingerprint density at radius 1 is 1.44 bits per heavy atom. The molecule has 0 atom stereocenters. The second kappa shape index (κ2) is 7.53. The molecule has 1 amide bonds. The van der Waals surface area contributed by atoms with E-state index in [0.29, 0.717) is 18.3 Å². The summed E-state index contributed by atoms with van der Waals surface area (Å²) in [5, 5.41) is 11.0. The number of nitrogens with zero attached hydrogens (tertiary/aromatic N) is 3. The highest BCUT2D eigenvalue weighted by molar-refractivity contribution is 7.08. The number of carbonyl (C=O) groups excluding carboxylic acids is 1. The molecule has 0 spiro atoms. The molecule has 0 radical (unpaired) electrons. The molecule has 3 heterocycles. The number of rotatable bonds is 4. The number of alkyl carbamates (subject to hydrolysis) is 1. The van der Waals surface area contributed by atoms with Gasteiger partial charge in [0, 0.05) is 30.1 Å². The Morgan fingerprint density at radius 3 is 2.84 bits per heavy atom. The molecule has 8 heteroatoms. The van der Waals surface area contributed by atoms with Crippen molar-refractivity contribution in [3.8, 4) is 11.4 Å². The predicted molar refractivity (Wildman–Crippen MR) is 95.3 cm³/mol. The third-order valence-corrected chi connectivity index (χ3v) is 4.60. The van der Waals surface area contributed by atoms with Gasteiger partial charge in [-0.05, 0) is 45.1 Å². The van der Waals surface area contributed by atoms with Crippen molar-refractivity contribution >= 4 is 17.4 Å². The van der Waals surface area contributed by atoms with Gasteiger partial charge in [0.05, 0.1) is 6.54 Å². The van der Waals surface area contributed by atoms with Crippen molar-refractivity contribution < 1.29 is 14.1 Å². The second-order valence-corrected chi connectivity index (χ2v) is 8.00. The Balaban J connectivity index is 1.44. The molecule has 0 aromatic carbocycles. The van der Waals surface area contributed by atoms with E-state index in [4.69, 9.17) is 9.26 Å². The van der Waals surface area contributed by atoms with E-state index in [-0.39, 0.29) is 12.1 Å². The van der Waals surface area contributed by atoms with E-state index in [1.54, 1.807) is 11.3 Å². The lowest BCUT2D eigenvalue weighted by molar-refractivity contribution is 0.0475. The molecule has 3 rings (SSSR count). The first-order chi connectivity index (χ1) is 11.9. The van der Waals surface area contributed by atoms with Gasteiger partial charge in [-0.2, -0.15) is 16.3 Å². The summed E-state index contributed by atoms with van der Waals surface area (Å²) in [6.45, 7) is 7.97. The Labute approximate surface area is 151 Å². The Hall–Kier alpha value is -1.93. The minimum Gasteiger partial charge on any atom is -0.444 e. The van der Waals surface area contributed by atoms with Crippen molar-refractivity contribution in [1.29, 1.82) is 0 Å². The smallest absolute Gasteiger partial charge is 0.407 e. The summed E-state index contributed by atoms with van der Waals surface area (Å²) in [6, 6.07) is 2.13. The predicted octanol–water partition coefficient (Wildman–Crippen LogP) is 3.29. The minimum atomic E-state index is -0.469. The Morgan fingerprint density at radius 2 is 2.20 bits per heavy atom.